The van der Waals surface area contributed by atoms with Crippen LogP contribution in [0.5, 0.6) is 0 Å². The van der Waals surface area contributed by atoms with Gasteiger partial charge in [0.2, 0.25) is 0 Å². The maximum Gasteiger partial charge on any atom is 0.306 e. The number of hydrogen-bond acceptors (Lipinski definition) is 7. The second kappa shape index (κ2) is 34.6. The molecule has 54 heavy (non-hydrogen) atoms. The molecule has 0 rings (SSSR count). The zero-order chi connectivity index (χ0) is 40.3. The van der Waals surface area contributed by atoms with Gasteiger partial charge < -0.3 is 19.1 Å². The molecule has 0 fully saturated rings. The molecule has 0 bridgehead atoms. The van der Waals surface area contributed by atoms with Gasteiger partial charge in [-0.2, -0.15) is 0 Å². The van der Waals surface area contributed by atoms with Gasteiger partial charge in [0.25, 0.3) is 0 Å². The van der Waals surface area contributed by atoms with Crippen molar-refractivity contribution in [3.05, 3.63) is 0 Å². The molecule has 0 N–H and O–H groups in total. The summed E-state index contributed by atoms with van der Waals surface area (Å²) in [6, 6.07) is 0. The normalized spacial score (nSPS) is 12.1. The maximum absolute atomic E-state index is 13.3. The van der Waals surface area contributed by atoms with Crippen LogP contribution in [0, 0.1) is 10.8 Å². The molecule has 0 radical (unpaired) electrons. The molecule has 0 aromatic rings. The van der Waals surface area contributed by atoms with Gasteiger partial charge in [-0.1, -0.05) is 157 Å². The molecule has 0 saturated heterocycles. The molecule has 0 aliphatic carbocycles. The SMILES string of the molecule is CCCCCCCCC(=O)OCCCCCCCCC(CCCCCCCCOC(=O)CCCCCCCC)OC(=O)CC(C)(C)CC(C)(C)CN(C)C. The van der Waals surface area contributed by atoms with E-state index in [1.54, 1.807) is 0 Å². The van der Waals surface area contributed by atoms with E-state index in [2.05, 4.69) is 60.5 Å². The molecule has 0 heterocycles. The minimum Gasteiger partial charge on any atom is -0.466 e. The van der Waals surface area contributed by atoms with Crippen LogP contribution in [0.25, 0.3) is 0 Å². The quantitative estimate of drug-likeness (QED) is 0.0350. The summed E-state index contributed by atoms with van der Waals surface area (Å²) in [5.74, 6) is -0.130. The fourth-order valence-corrected chi connectivity index (χ4v) is 8.13. The molecule has 0 spiro atoms. The van der Waals surface area contributed by atoms with E-state index in [9.17, 15) is 14.4 Å². The van der Waals surface area contributed by atoms with E-state index < -0.39 is 0 Å². The highest BCUT2D eigenvalue weighted by Gasteiger charge is 2.32. The van der Waals surface area contributed by atoms with E-state index in [1.807, 2.05) is 0 Å². The number of esters is 3. The predicted molar refractivity (Wildman–Crippen MR) is 228 cm³/mol. The molecule has 7 nitrogen and oxygen atoms in total. The van der Waals surface area contributed by atoms with Gasteiger partial charge >= 0.3 is 17.9 Å². The number of nitrogens with zero attached hydrogens (tertiary/aromatic N) is 1. The second-order valence-corrected chi connectivity index (χ2v) is 18.3. The van der Waals surface area contributed by atoms with E-state index in [4.69, 9.17) is 14.2 Å². The van der Waals surface area contributed by atoms with Crippen LogP contribution in [0.4, 0.5) is 0 Å². The van der Waals surface area contributed by atoms with Crippen molar-refractivity contribution >= 4 is 17.9 Å². The van der Waals surface area contributed by atoms with Gasteiger partial charge in [-0.05, 0) is 82.7 Å². The first-order valence-corrected chi connectivity index (χ1v) is 23.0. The zero-order valence-corrected chi connectivity index (χ0v) is 37.3. The van der Waals surface area contributed by atoms with E-state index in [-0.39, 0.29) is 34.8 Å². The summed E-state index contributed by atoms with van der Waals surface area (Å²) < 4.78 is 17.1. The molecule has 0 atom stereocenters. The molecular formula is C47H91NO6. The Balaban J connectivity index is 4.45. The van der Waals surface area contributed by atoms with Crippen LogP contribution in [-0.2, 0) is 28.6 Å². The van der Waals surface area contributed by atoms with Crippen molar-refractivity contribution in [2.24, 2.45) is 10.8 Å². The number of carbonyl (C=O) groups is 3. The first-order chi connectivity index (χ1) is 25.8. The molecule has 7 heteroatoms. The minimum absolute atomic E-state index is 0.0137. The number of hydrogen-bond donors (Lipinski definition) is 0. The standard InChI is InChI=1S/C47H91NO6/c1-9-11-13-15-23-29-35-43(49)52-37-31-25-19-17-21-27-33-42(54-45(51)39-46(3,4)40-47(5,6)41-48(7)8)34-28-22-18-20-26-32-38-53-44(50)36-30-24-16-14-12-10-2/h42H,9-41H2,1-8H3. The molecule has 0 aliphatic rings. The van der Waals surface area contributed by atoms with Gasteiger partial charge in [-0.3, -0.25) is 14.4 Å². The molecule has 0 saturated carbocycles. The van der Waals surface area contributed by atoms with Crippen molar-refractivity contribution in [3.8, 4) is 0 Å². The molecule has 0 unspecified atom stereocenters. The molecule has 0 amide bonds. The van der Waals surface area contributed by atoms with Crippen molar-refractivity contribution in [1.29, 1.82) is 0 Å². The Morgan fingerprint density at radius 3 is 1.26 bits per heavy atom. The largest absolute Gasteiger partial charge is 0.466 e. The van der Waals surface area contributed by atoms with E-state index >= 15 is 0 Å². The summed E-state index contributed by atoms with van der Waals surface area (Å²) in [4.78, 5) is 39.5. The molecule has 0 aromatic heterocycles. The van der Waals surface area contributed by atoms with Gasteiger partial charge in [0.1, 0.15) is 6.10 Å². The fraction of sp³-hybridized carbons (Fsp3) is 0.936. The third-order valence-electron chi connectivity index (χ3n) is 10.5. The Bertz CT molecular complexity index is 855. The van der Waals surface area contributed by atoms with Gasteiger partial charge in [-0.15, -0.1) is 0 Å². The molecular weight excluding hydrogens is 675 g/mol. The summed E-state index contributed by atoms with van der Waals surface area (Å²) in [5.41, 5.74) is 0.00336. The number of unbranched alkanes of at least 4 members (excludes halogenated alkanes) is 20. The highest BCUT2D eigenvalue weighted by molar-refractivity contribution is 5.70. The third kappa shape index (κ3) is 36.0. The average Bonchev–Trinajstić information content (AvgIpc) is 3.08. The van der Waals surface area contributed by atoms with Gasteiger partial charge in [0.15, 0.2) is 0 Å². The first-order valence-electron chi connectivity index (χ1n) is 23.0. The Morgan fingerprint density at radius 2 is 0.852 bits per heavy atom. The summed E-state index contributed by atoms with van der Waals surface area (Å²) in [6.07, 6.45) is 31.7. The van der Waals surface area contributed by atoms with Crippen molar-refractivity contribution < 1.29 is 28.6 Å². The van der Waals surface area contributed by atoms with Gasteiger partial charge in [-0.25, -0.2) is 0 Å². The Kier molecular flexibility index (Phi) is 33.6. The molecule has 0 aliphatic heterocycles. The summed E-state index contributed by atoms with van der Waals surface area (Å²) in [5, 5.41) is 0. The average molecular weight is 766 g/mol. The summed E-state index contributed by atoms with van der Waals surface area (Å²) in [6.45, 7) is 15.5. The minimum atomic E-state index is -0.119. The van der Waals surface area contributed by atoms with Crippen LogP contribution in [0.2, 0.25) is 0 Å². The highest BCUT2D eigenvalue weighted by Crippen LogP contribution is 2.37. The smallest absolute Gasteiger partial charge is 0.306 e. The summed E-state index contributed by atoms with van der Waals surface area (Å²) >= 11 is 0. The number of carbonyl (C=O) groups excluding carboxylic acids is 3. The monoisotopic (exact) mass is 766 g/mol. The van der Waals surface area contributed by atoms with E-state index in [0.717, 1.165) is 129 Å². The van der Waals surface area contributed by atoms with Crippen LogP contribution in [0.3, 0.4) is 0 Å². The molecule has 320 valence electrons. The topological polar surface area (TPSA) is 82.1 Å². The lowest BCUT2D eigenvalue weighted by Crippen LogP contribution is -2.34. The van der Waals surface area contributed by atoms with E-state index in [0.29, 0.717) is 32.5 Å². The van der Waals surface area contributed by atoms with Gasteiger partial charge in [0.05, 0.1) is 19.6 Å². The fourth-order valence-electron chi connectivity index (χ4n) is 8.13. The number of ether oxygens (including phenoxy) is 3. The second-order valence-electron chi connectivity index (χ2n) is 18.3. The van der Waals surface area contributed by atoms with Crippen molar-refractivity contribution in [2.45, 2.75) is 240 Å². The van der Waals surface area contributed by atoms with Crippen molar-refractivity contribution in [2.75, 3.05) is 33.9 Å². The molecule has 0 aromatic carbocycles. The highest BCUT2D eigenvalue weighted by atomic mass is 16.5. The maximum atomic E-state index is 13.3. The Labute approximate surface area is 335 Å². The lowest BCUT2D eigenvalue weighted by atomic mass is 9.73. The van der Waals surface area contributed by atoms with Crippen molar-refractivity contribution in [3.63, 3.8) is 0 Å². The van der Waals surface area contributed by atoms with Crippen molar-refractivity contribution in [1.82, 2.24) is 4.90 Å². The van der Waals surface area contributed by atoms with Crippen LogP contribution in [0.15, 0.2) is 0 Å². The Morgan fingerprint density at radius 1 is 0.481 bits per heavy atom. The van der Waals surface area contributed by atoms with Gasteiger partial charge in [0, 0.05) is 19.4 Å². The zero-order valence-electron chi connectivity index (χ0n) is 37.3. The third-order valence-corrected chi connectivity index (χ3v) is 10.5. The summed E-state index contributed by atoms with van der Waals surface area (Å²) in [7, 11) is 4.22. The van der Waals surface area contributed by atoms with Crippen LogP contribution in [-0.4, -0.2) is 62.8 Å². The predicted octanol–water partition coefficient (Wildman–Crippen LogP) is 13.3. The van der Waals surface area contributed by atoms with E-state index in [1.165, 1.54) is 51.4 Å². The first kappa shape index (κ1) is 52.4. The van der Waals surface area contributed by atoms with Crippen LogP contribution >= 0.6 is 0 Å². The lowest BCUT2D eigenvalue weighted by molar-refractivity contribution is -0.152. The number of rotatable bonds is 39. The van der Waals surface area contributed by atoms with Crippen LogP contribution < -0.4 is 0 Å². The van der Waals surface area contributed by atoms with Crippen LogP contribution in [0.1, 0.15) is 234 Å². The lowest BCUT2D eigenvalue weighted by Gasteiger charge is -2.36. The Hall–Kier alpha value is -1.63.